The summed E-state index contributed by atoms with van der Waals surface area (Å²) in [7, 11) is 0. The topological polar surface area (TPSA) is 82.9 Å². The molecule has 1 fully saturated rings. The number of hydrogen-bond donors (Lipinski definition) is 2. The van der Waals surface area contributed by atoms with Gasteiger partial charge in [-0.3, -0.25) is 4.98 Å². The number of rotatable bonds is 5. The van der Waals surface area contributed by atoms with Gasteiger partial charge in [-0.05, 0) is 60.4 Å². The number of aromatic nitrogens is 1. The molecule has 5 rings (SSSR count). The molecule has 0 bridgehead atoms. The Morgan fingerprint density at radius 2 is 1.95 bits per heavy atom. The second kappa shape index (κ2) is 9.93. The molecule has 3 heterocycles. The first kappa shape index (κ1) is 25.5. The minimum absolute atomic E-state index is 0.222. The number of halogens is 1. The Labute approximate surface area is 222 Å². The lowest BCUT2D eigenvalue weighted by Gasteiger charge is -2.50. The normalized spacial score (nSPS) is 22.0. The molecule has 7 heteroatoms. The van der Waals surface area contributed by atoms with Crippen molar-refractivity contribution in [3.63, 3.8) is 0 Å². The van der Waals surface area contributed by atoms with Crippen molar-refractivity contribution < 1.29 is 19.7 Å². The fourth-order valence-corrected chi connectivity index (χ4v) is 5.70. The number of benzene rings is 2. The van der Waals surface area contributed by atoms with Gasteiger partial charge in [0.15, 0.2) is 0 Å². The second-order valence-corrected chi connectivity index (χ2v) is 10.9. The molecule has 0 radical (unpaired) electrons. The summed E-state index contributed by atoms with van der Waals surface area (Å²) in [5.41, 5.74) is 3.32. The number of nitrogens with zero attached hydrogens (tertiary/aromatic N) is 2. The number of aromatic carboxylic acids is 1. The molecule has 1 atom stereocenters. The van der Waals surface area contributed by atoms with Crippen molar-refractivity contribution in [1.29, 1.82) is 0 Å². The number of likely N-dealkylation sites (tertiary alicyclic amines) is 1. The van der Waals surface area contributed by atoms with Crippen LogP contribution in [0, 0.1) is 5.41 Å². The highest BCUT2D eigenvalue weighted by atomic mass is 35.5. The van der Waals surface area contributed by atoms with Gasteiger partial charge in [0.25, 0.3) is 0 Å². The largest absolute Gasteiger partial charge is 0.487 e. The van der Waals surface area contributed by atoms with Gasteiger partial charge in [0.05, 0.1) is 16.9 Å². The number of carbonyl (C=O) groups is 1. The first-order chi connectivity index (χ1) is 17.7. The minimum atomic E-state index is -0.971. The van der Waals surface area contributed by atoms with Crippen molar-refractivity contribution in [1.82, 2.24) is 9.88 Å². The summed E-state index contributed by atoms with van der Waals surface area (Å²) < 4.78 is 5.99. The van der Waals surface area contributed by atoms with Crippen molar-refractivity contribution in [2.24, 2.45) is 5.41 Å². The number of carboxylic acids is 1. The molecule has 0 saturated carbocycles. The van der Waals surface area contributed by atoms with E-state index in [1.165, 1.54) is 0 Å². The van der Waals surface area contributed by atoms with Crippen LogP contribution >= 0.6 is 11.6 Å². The molecule has 192 valence electrons. The Hall–Kier alpha value is -3.19. The van der Waals surface area contributed by atoms with Crippen LogP contribution in [0.4, 0.5) is 0 Å². The molecule has 0 amide bonds. The summed E-state index contributed by atoms with van der Waals surface area (Å²) >= 11 is 6.07. The number of pyridine rings is 1. The quantitative estimate of drug-likeness (QED) is 0.446. The summed E-state index contributed by atoms with van der Waals surface area (Å²) in [4.78, 5) is 18.6. The highest BCUT2D eigenvalue weighted by Crippen LogP contribution is 2.46. The highest BCUT2D eigenvalue weighted by molar-refractivity contribution is 6.30. The van der Waals surface area contributed by atoms with Gasteiger partial charge >= 0.3 is 5.97 Å². The molecule has 0 aliphatic carbocycles. The standard InChI is InChI=1S/C30H31ClN2O4/c1-29(2)19-33(16-13-30(29,36)21-8-10-22(31)11-9-21)15-4-6-23-24-5-3-14-32-26(24)18-37-27-12-7-20(28(34)35)17-25(23)27/h3,5-12,14,17,36H,4,13,15-16,18-19H2,1-2H3,(H,34,35)/b23-6+. The van der Waals surface area contributed by atoms with Crippen LogP contribution < -0.4 is 4.74 Å². The zero-order chi connectivity index (χ0) is 26.2. The van der Waals surface area contributed by atoms with Crippen molar-refractivity contribution >= 4 is 23.1 Å². The van der Waals surface area contributed by atoms with Crippen molar-refractivity contribution in [2.45, 2.75) is 38.9 Å². The summed E-state index contributed by atoms with van der Waals surface area (Å²) in [6, 6.07) is 16.4. The Morgan fingerprint density at radius 1 is 1.16 bits per heavy atom. The van der Waals surface area contributed by atoms with Crippen LogP contribution in [-0.2, 0) is 12.2 Å². The van der Waals surface area contributed by atoms with Gasteiger partial charge in [0.2, 0.25) is 0 Å². The fraction of sp³-hybridized carbons (Fsp3) is 0.333. The van der Waals surface area contributed by atoms with E-state index in [4.69, 9.17) is 16.3 Å². The van der Waals surface area contributed by atoms with Gasteiger partial charge in [-0.15, -0.1) is 0 Å². The van der Waals surface area contributed by atoms with Gasteiger partial charge in [0.1, 0.15) is 12.4 Å². The molecular weight excluding hydrogens is 488 g/mol. The highest BCUT2D eigenvalue weighted by Gasteiger charge is 2.48. The molecular formula is C30H31ClN2O4. The average molecular weight is 519 g/mol. The molecule has 6 nitrogen and oxygen atoms in total. The van der Waals surface area contributed by atoms with Crippen LogP contribution in [0.15, 0.2) is 66.9 Å². The number of aliphatic hydroxyl groups is 1. The third kappa shape index (κ3) is 4.89. The van der Waals surface area contributed by atoms with Crippen LogP contribution in [0.25, 0.3) is 5.57 Å². The molecule has 1 unspecified atom stereocenters. The lowest BCUT2D eigenvalue weighted by molar-refractivity contribution is -0.125. The van der Waals surface area contributed by atoms with Crippen LogP contribution in [0.5, 0.6) is 5.75 Å². The number of ether oxygens (including phenoxy) is 1. The molecule has 2 aliphatic heterocycles. The molecule has 1 saturated heterocycles. The van der Waals surface area contributed by atoms with E-state index >= 15 is 0 Å². The van der Waals surface area contributed by atoms with Crippen LogP contribution in [0.1, 0.15) is 59.4 Å². The van der Waals surface area contributed by atoms with E-state index in [0.29, 0.717) is 23.8 Å². The second-order valence-electron chi connectivity index (χ2n) is 10.5. The van der Waals surface area contributed by atoms with Crippen molar-refractivity contribution in [3.05, 3.63) is 99.8 Å². The Morgan fingerprint density at radius 3 is 2.68 bits per heavy atom. The fourth-order valence-electron chi connectivity index (χ4n) is 5.58. The van der Waals surface area contributed by atoms with Gasteiger partial charge < -0.3 is 19.8 Å². The van der Waals surface area contributed by atoms with E-state index in [9.17, 15) is 15.0 Å². The summed E-state index contributed by atoms with van der Waals surface area (Å²) in [5, 5.41) is 21.9. The molecule has 2 N–H and O–H groups in total. The molecule has 3 aromatic rings. The first-order valence-corrected chi connectivity index (χ1v) is 12.9. The zero-order valence-corrected chi connectivity index (χ0v) is 21.8. The SMILES string of the molecule is CC1(C)CN(CC/C=C2/c3cc(C(=O)O)ccc3OCc3ncccc32)CCC1(O)c1ccc(Cl)cc1. The van der Waals surface area contributed by atoms with Crippen LogP contribution in [0.3, 0.4) is 0 Å². The summed E-state index contributed by atoms with van der Waals surface area (Å²) in [6.45, 7) is 6.88. The predicted molar refractivity (Wildman–Crippen MR) is 144 cm³/mol. The van der Waals surface area contributed by atoms with E-state index < -0.39 is 11.6 Å². The van der Waals surface area contributed by atoms with Crippen molar-refractivity contribution in [3.8, 4) is 5.75 Å². The van der Waals surface area contributed by atoms with Crippen LogP contribution in [-0.4, -0.2) is 45.7 Å². The third-order valence-electron chi connectivity index (χ3n) is 7.71. The lowest BCUT2D eigenvalue weighted by atomic mass is 9.66. The monoisotopic (exact) mass is 518 g/mol. The van der Waals surface area contributed by atoms with E-state index in [-0.39, 0.29) is 11.0 Å². The molecule has 0 spiro atoms. The maximum Gasteiger partial charge on any atom is 0.335 e. The first-order valence-electron chi connectivity index (χ1n) is 12.5. The Balaban J connectivity index is 1.38. The number of piperidine rings is 1. The zero-order valence-electron chi connectivity index (χ0n) is 21.1. The van der Waals surface area contributed by atoms with Gasteiger partial charge in [-0.25, -0.2) is 4.79 Å². The smallest absolute Gasteiger partial charge is 0.335 e. The summed E-state index contributed by atoms with van der Waals surface area (Å²) in [5.74, 6) is -0.317. The third-order valence-corrected chi connectivity index (χ3v) is 7.96. The summed E-state index contributed by atoms with van der Waals surface area (Å²) in [6.07, 6.45) is 5.29. The molecule has 37 heavy (non-hydrogen) atoms. The molecule has 1 aromatic heterocycles. The van der Waals surface area contributed by atoms with Crippen molar-refractivity contribution in [2.75, 3.05) is 19.6 Å². The molecule has 2 aliphatic rings. The van der Waals surface area contributed by atoms with Gasteiger partial charge in [-0.1, -0.05) is 49.7 Å². The van der Waals surface area contributed by atoms with Gasteiger partial charge in [0, 0.05) is 47.4 Å². The number of hydrogen-bond acceptors (Lipinski definition) is 5. The predicted octanol–water partition coefficient (Wildman–Crippen LogP) is 5.77. The maximum absolute atomic E-state index is 11.7. The van der Waals surface area contributed by atoms with Crippen LogP contribution in [0.2, 0.25) is 5.02 Å². The van der Waals surface area contributed by atoms with Gasteiger partial charge in [-0.2, -0.15) is 0 Å². The Kier molecular flexibility index (Phi) is 6.84. The number of carboxylic acid groups (broad SMARTS) is 1. The van der Waals surface area contributed by atoms with E-state index in [1.54, 1.807) is 24.4 Å². The number of fused-ring (bicyclic) bond motifs is 2. The van der Waals surface area contributed by atoms with E-state index in [0.717, 1.165) is 54.0 Å². The average Bonchev–Trinajstić information content (AvgIpc) is 3.03. The van der Waals surface area contributed by atoms with E-state index in [1.807, 2.05) is 36.4 Å². The Bertz CT molecular complexity index is 1350. The minimum Gasteiger partial charge on any atom is -0.487 e. The lowest BCUT2D eigenvalue weighted by Crippen LogP contribution is -2.55. The maximum atomic E-state index is 11.7. The molecule has 2 aromatic carbocycles. The van der Waals surface area contributed by atoms with E-state index in [2.05, 4.69) is 29.8 Å².